The molecule has 0 unspecified atom stereocenters. The average Bonchev–Trinajstić information content (AvgIpc) is 2.55. The van der Waals surface area contributed by atoms with E-state index in [1.54, 1.807) is 0 Å². The van der Waals surface area contributed by atoms with Gasteiger partial charge in [0.05, 0.1) is 13.2 Å². The lowest BCUT2D eigenvalue weighted by Gasteiger charge is -2.44. The van der Waals surface area contributed by atoms with Crippen molar-refractivity contribution in [3.8, 4) is 0 Å². The molecule has 2 aliphatic heterocycles. The molecular weight excluding hydrogens is 320 g/mol. The van der Waals surface area contributed by atoms with Crippen molar-refractivity contribution in [2.45, 2.75) is 61.4 Å². The van der Waals surface area contributed by atoms with Crippen molar-refractivity contribution >= 4 is 0 Å². The summed E-state index contributed by atoms with van der Waals surface area (Å²) in [5.41, 5.74) is 0. The second-order valence-electron chi connectivity index (χ2n) is 5.53. The zero-order chi connectivity index (χ0) is 17.3. The zero-order valence-corrected chi connectivity index (χ0v) is 12.0. The first-order valence-corrected chi connectivity index (χ1v) is 7.08. The van der Waals surface area contributed by atoms with E-state index in [-0.39, 0.29) is 1.43 Å². The van der Waals surface area contributed by atoms with Crippen molar-refractivity contribution in [2.24, 2.45) is 0 Å². The summed E-state index contributed by atoms with van der Waals surface area (Å²) in [4.78, 5) is 0. The minimum Gasteiger partial charge on any atom is -0.394 e. The number of rotatable bonds is 4. The fraction of sp³-hybridized carbons (Fsp3) is 1.00. The smallest absolute Gasteiger partial charge is 0.394 e. The topological polar surface area (TPSA) is 190 Å². The Bertz CT molecular complexity index is 350. The Kier molecular flexibility index (Phi) is 6.27. The maximum atomic E-state index is 9.84. The summed E-state index contributed by atoms with van der Waals surface area (Å²) in [6.45, 7) is -1.33. The van der Waals surface area contributed by atoms with Crippen LogP contribution in [0.5, 0.6) is 0 Å². The van der Waals surface area contributed by atoms with Gasteiger partial charge >= 0.3 is 1.43 Å². The molecule has 0 aromatic heterocycles. The van der Waals surface area contributed by atoms with Gasteiger partial charge in [0.25, 0.3) is 0 Å². The van der Waals surface area contributed by atoms with E-state index in [4.69, 9.17) is 24.4 Å². The van der Waals surface area contributed by atoms with Crippen molar-refractivity contribution in [3.63, 3.8) is 0 Å². The van der Waals surface area contributed by atoms with Crippen molar-refractivity contribution in [1.82, 2.24) is 0 Å². The van der Waals surface area contributed by atoms with Gasteiger partial charge in [-0.3, -0.25) is 0 Å². The molecule has 0 amide bonds. The molecule has 0 aromatic carbocycles. The highest BCUT2D eigenvalue weighted by Crippen LogP contribution is 2.27. The fourth-order valence-corrected chi connectivity index (χ4v) is 2.49. The van der Waals surface area contributed by atoms with Crippen molar-refractivity contribution in [1.29, 1.82) is 0 Å². The predicted octanol–water partition coefficient (Wildman–Crippen LogP) is -5.28. The van der Waals surface area contributed by atoms with E-state index in [1.807, 2.05) is 0 Å². The molecule has 0 aliphatic carbocycles. The van der Waals surface area contributed by atoms with Gasteiger partial charge in [-0.1, -0.05) is 0 Å². The molecule has 2 heterocycles. The Morgan fingerprint density at radius 2 is 0.957 bits per heavy atom. The molecule has 2 rings (SSSR count). The van der Waals surface area contributed by atoms with Crippen LogP contribution in [0.1, 0.15) is 1.43 Å². The Morgan fingerprint density at radius 1 is 0.609 bits per heavy atom. The van der Waals surface area contributed by atoms with E-state index in [2.05, 4.69) is 0 Å². The van der Waals surface area contributed by atoms with Crippen molar-refractivity contribution in [3.05, 3.63) is 0 Å². The van der Waals surface area contributed by atoms with Crippen LogP contribution >= 0.6 is 0 Å². The minimum absolute atomic E-state index is 0. The molecule has 11 nitrogen and oxygen atoms in total. The molecule has 0 spiro atoms. The molecule has 136 valence electrons. The first-order valence-electron chi connectivity index (χ1n) is 7.08. The summed E-state index contributed by atoms with van der Waals surface area (Å²) >= 11 is 0. The maximum Gasteiger partial charge on any atom is 1.00 e. The second-order valence-corrected chi connectivity index (χ2v) is 5.53. The zero-order valence-electron chi connectivity index (χ0n) is 13.0. The van der Waals surface area contributed by atoms with E-state index in [1.165, 1.54) is 0 Å². The lowest BCUT2D eigenvalue weighted by Crippen LogP contribution is -2.63. The molecule has 10 atom stereocenters. The van der Waals surface area contributed by atoms with Crippen molar-refractivity contribution < 1.29 is 56.5 Å². The monoisotopic (exact) mass is 343 g/mol. The first kappa shape index (κ1) is 18.9. The number of aliphatic hydroxyl groups is 8. The summed E-state index contributed by atoms with van der Waals surface area (Å²) in [6.07, 6.45) is -15.6. The molecular formula is C12H23O11+. The number of hydrogen-bond acceptors (Lipinski definition) is 11. The van der Waals surface area contributed by atoms with Gasteiger partial charge in [-0.15, -0.1) is 0 Å². The summed E-state index contributed by atoms with van der Waals surface area (Å²) in [5, 5.41) is 76.4. The van der Waals surface area contributed by atoms with Crippen LogP contribution in [0, 0.1) is 0 Å². The van der Waals surface area contributed by atoms with Crippen LogP contribution in [0.4, 0.5) is 0 Å². The third kappa shape index (κ3) is 3.65. The standard InChI is InChI=1S/C12H22O11/c13-1-3-5(15)7(17)9(19)11(21-3)23-12-10(20)8(18)6(16)4(2-14)22-12/h3-20H,1-2H2/p+1/t3-,4-,5-,6-,7+,8+,9-,10-,11-,12-/m1/s1. The fourth-order valence-electron chi connectivity index (χ4n) is 2.49. The lowest BCUT2D eigenvalue weighted by atomic mass is 9.98. The maximum absolute atomic E-state index is 9.84. The summed E-state index contributed by atoms with van der Waals surface area (Å²) in [6, 6.07) is 0. The third-order valence-corrected chi connectivity index (χ3v) is 3.97. The summed E-state index contributed by atoms with van der Waals surface area (Å²) in [7, 11) is 0. The van der Waals surface area contributed by atoms with E-state index in [0.29, 0.717) is 0 Å². The highest BCUT2D eigenvalue weighted by atomic mass is 16.8. The largest absolute Gasteiger partial charge is 1.00 e. The van der Waals surface area contributed by atoms with Crippen LogP contribution in [-0.2, 0) is 14.2 Å². The molecule has 8 N–H and O–H groups in total. The normalized spacial score (nSPS) is 51.7. The van der Waals surface area contributed by atoms with E-state index in [0.717, 1.165) is 0 Å². The van der Waals surface area contributed by atoms with Crippen LogP contribution in [0.3, 0.4) is 0 Å². The molecule has 0 bridgehead atoms. The van der Waals surface area contributed by atoms with Crippen molar-refractivity contribution in [2.75, 3.05) is 13.2 Å². The van der Waals surface area contributed by atoms with E-state index in [9.17, 15) is 30.6 Å². The molecule has 2 fully saturated rings. The highest BCUT2D eigenvalue weighted by molar-refractivity contribution is 4.92. The minimum atomic E-state index is -1.72. The number of hydrogen-bond donors (Lipinski definition) is 8. The quantitative estimate of drug-likeness (QED) is 0.243. The Hall–Kier alpha value is -0.440. The van der Waals surface area contributed by atoms with Gasteiger partial charge in [0.2, 0.25) is 0 Å². The molecule has 2 aliphatic rings. The number of aliphatic hydroxyl groups excluding tert-OH is 8. The molecule has 23 heavy (non-hydrogen) atoms. The van der Waals surface area contributed by atoms with Gasteiger partial charge in [-0.05, 0) is 0 Å². The Balaban J connectivity index is 0.00000288. The van der Waals surface area contributed by atoms with E-state index >= 15 is 0 Å². The third-order valence-electron chi connectivity index (χ3n) is 3.97. The van der Waals surface area contributed by atoms with Gasteiger partial charge in [0.15, 0.2) is 12.6 Å². The predicted molar refractivity (Wildman–Crippen MR) is 69.7 cm³/mol. The van der Waals surface area contributed by atoms with Gasteiger partial charge in [0.1, 0.15) is 48.8 Å². The van der Waals surface area contributed by atoms with Gasteiger partial charge in [-0.25, -0.2) is 0 Å². The lowest BCUT2D eigenvalue weighted by molar-refractivity contribution is -0.376. The average molecular weight is 343 g/mol. The van der Waals surface area contributed by atoms with Crippen LogP contribution in [0.25, 0.3) is 0 Å². The van der Waals surface area contributed by atoms with Crippen LogP contribution in [0.2, 0.25) is 0 Å². The molecule has 0 radical (unpaired) electrons. The van der Waals surface area contributed by atoms with Gasteiger partial charge < -0.3 is 55.1 Å². The van der Waals surface area contributed by atoms with Crippen LogP contribution in [0.15, 0.2) is 0 Å². The molecule has 0 aromatic rings. The summed E-state index contributed by atoms with van der Waals surface area (Å²) in [5.74, 6) is 0. The molecule has 2 saturated heterocycles. The van der Waals surface area contributed by atoms with Crippen LogP contribution in [-0.4, -0.2) is 115 Å². The van der Waals surface area contributed by atoms with E-state index < -0.39 is 74.6 Å². The molecule has 11 heteroatoms. The SMILES string of the molecule is OC[C@H]1O[C@H](O[C@H]2O[C@H](CO)[C@@H](O)[C@H](O)[C@H]2O)[C@H](O)[C@@H](O)[C@@H]1O.[H+]. The Morgan fingerprint density at radius 3 is 1.26 bits per heavy atom. The van der Waals surface area contributed by atoms with Crippen LogP contribution < -0.4 is 0 Å². The Labute approximate surface area is 132 Å². The van der Waals surface area contributed by atoms with Gasteiger partial charge in [0, 0.05) is 0 Å². The number of ether oxygens (including phenoxy) is 3. The first-order chi connectivity index (χ1) is 10.8. The molecule has 0 saturated carbocycles. The second kappa shape index (κ2) is 7.63. The van der Waals surface area contributed by atoms with Gasteiger partial charge in [-0.2, -0.15) is 0 Å². The highest BCUT2D eigenvalue weighted by Gasteiger charge is 2.49. The summed E-state index contributed by atoms with van der Waals surface area (Å²) < 4.78 is 15.3.